The van der Waals surface area contributed by atoms with Crippen LogP contribution in [0.3, 0.4) is 0 Å². The summed E-state index contributed by atoms with van der Waals surface area (Å²) < 4.78 is 4.59. The van der Waals surface area contributed by atoms with Gasteiger partial charge in [-0.2, -0.15) is 0 Å². The summed E-state index contributed by atoms with van der Waals surface area (Å²) in [6.45, 7) is 0.149. The number of amides is 2. The summed E-state index contributed by atoms with van der Waals surface area (Å²) in [7, 11) is 0. The Hall–Kier alpha value is -6.00. The monoisotopic (exact) mass is 820 g/mol. The second-order valence-electron chi connectivity index (χ2n) is 11.6. The number of hydrogen-bond acceptors (Lipinski definition) is 10. The van der Waals surface area contributed by atoms with Crippen molar-refractivity contribution in [1.82, 2.24) is 50.6 Å². The third-order valence-corrected chi connectivity index (χ3v) is 9.02. The lowest BCUT2D eigenvalue weighted by Crippen LogP contribution is -2.24. The average molecular weight is 822 g/mol. The maximum atomic E-state index is 13.1. The molecule has 7 rings (SSSR count). The molecule has 14 nitrogen and oxygen atoms in total. The second-order valence-corrected chi connectivity index (χ2v) is 13.5. The van der Waals surface area contributed by atoms with Gasteiger partial charge in [0.1, 0.15) is 35.9 Å². The molecule has 4 aromatic heterocycles. The lowest BCUT2D eigenvalue weighted by Gasteiger charge is -2.08. The van der Waals surface area contributed by atoms with E-state index in [0.717, 1.165) is 19.7 Å². The van der Waals surface area contributed by atoms with E-state index in [1.165, 1.54) is 9.36 Å². The molecule has 0 aliphatic rings. The van der Waals surface area contributed by atoms with Crippen molar-refractivity contribution in [1.29, 1.82) is 0 Å². The molecule has 0 saturated carbocycles. The van der Waals surface area contributed by atoms with Crippen molar-refractivity contribution in [2.24, 2.45) is 0 Å². The minimum absolute atomic E-state index is 0.00648. The number of aromatic nitrogens is 8. The molecule has 0 bridgehead atoms. The van der Waals surface area contributed by atoms with Gasteiger partial charge in [0, 0.05) is 30.8 Å². The molecule has 0 unspecified atom stereocenters. The van der Waals surface area contributed by atoms with E-state index in [2.05, 4.69) is 73.1 Å². The van der Waals surface area contributed by atoms with Crippen LogP contribution < -0.4 is 10.6 Å². The molecule has 0 spiro atoms. The first-order valence-corrected chi connectivity index (χ1v) is 17.4. The molecule has 2 N–H and O–H groups in total. The number of halogens is 2. The number of rotatable bonds is 12. The maximum absolute atomic E-state index is 13.1. The largest absolute Gasteiger partial charge is 0.345 e. The first kappa shape index (κ1) is 34.4. The van der Waals surface area contributed by atoms with Crippen molar-refractivity contribution in [3.63, 3.8) is 0 Å². The van der Waals surface area contributed by atoms with Crippen LogP contribution in [0.1, 0.15) is 53.1 Å². The molecule has 0 saturated heterocycles. The van der Waals surface area contributed by atoms with Gasteiger partial charge in [0.25, 0.3) is 11.8 Å². The minimum atomic E-state index is -0.445. The number of nitrogens with zero attached hydrogens (tertiary/aromatic N) is 8. The lowest BCUT2D eigenvalue weighted by atomic mass is 10.1. The van der Waals surface area contributed by atoms with Gasteiger partial charge >= 0.3 is 0 Å². The van der Waals surface area contributed by atoms with Crippen molar-refractivity contribution in [2.45, 2.75) is 26.2 Å². The van der Waals surface area contributed by atoms with Crippen LogP contribution in [-0.2, 0) is 26.2 Å². The summed E-state index contributed by atoms with van der Waals surface area (Å²) in [5.74, 6) is -1.14. The third-order valence-electron chi connectivity index (χ3n) is 7.96. The molecule has 0 aliphatic heterocycles. The number of carbonyl (C=O) groups is 4. The van der Waals surface area contributed by atoms with E-state index < -0.39 is 11.8 Å². The highest BCUT2D eigenvalue weighted by Gasteiger charge is 2.16. The zero-order chi connectivity index (χ0) is 36.2. The fourth-order valence-corrected chi connectivity index (χ4v) is 5.81. The van der Waals surface area contributed by atoms with E-state index >= 15 is 0 Å². The van der Waals surface area contributed by atoms with Gasteiger partial charge in [-0.3, -0.25) is 19.2 Å². The van der Waals surface area contributed by atoms with Gasteiger partial charge in [-0.15, -0.1) is 10.2 Å². The van der Waals surface area contributed by atoms with Crippen LogP contribution in [-0.4, -0.2) is 63.3 Å². The number of carbonyl (C=O) groups excluding carboxylic acids is 4. The summed E-state index contributed by atoms with van der Waals surface area (Å²) in [5, 5.41) is 23.2. The number of fused-ring (bicyclic) bond motifs is 3. The summed E-state index contributed by atoms with van der Waals surface area (Å²) in [6.07, 6.45) is 3.20. The molecule has 4 heterocycles. The highest BCUT2D eigenvalue weighted by molar-refractivity contribution is 9.10. The highest BCUT2D eigenvalue weighted by Crippen LogP contribution is 2.23. The summed E-state index contributed by atoms with van der Waals surface area (Å²) in [4.78, 5) is 60.6. The fraction of sp³-hybridized carbons (Fsp3) is 0.111. The molecule has 52 heavy (non-hydrogen) atoms. The molecule has 0 aliphatic carbocycles. The van der Waals surface area contributed by atoms with Crippen molar-refractivity contribution in [3.8, 4) is 0 Å². The summed E-state index contributed by atoms with van der Waals surface area (Å²) in [6, 6.07) is 24.6. The van der Waals surface area contributed by atoms with Crippen LogP contribution in [0.5, 0.6) is 0 Å². The van der Waals surface area contributed by atoms with Crippen LogP contribution in [0.4, 0.5) is 0 Å². The van der Waals surface area contributed by atoms with Gasteiger partial charge in [0.2, 0.25) is 0 Å². The first-order chi connectivity index (χ1) is 25.2. The van der Waals surface area contributed by atoms with E-state index in [1.54, 1.807) is 85.2 Å². The normalized spacial score (nSPS) is 11.1. The second kappa shape index (κ2) is 15.1. The van der Waals surface area contributed by atoms with E-state index in [-0.39, 0.29) is 49.1 Å². The molecular weight excluding hydrogens is 796 g/mol. The van der Waals surface area contributed by atoms with Gasteiger partial charge in [-0.05, 0) is 36.4 Å². The van der Waals surface area contributed by atoms with Crippen LogP contribution >= 0.6 is 31.9 Å². The Morgan fingerprint density at radius 1 is 0.538 bits per heavy atom. The van der Waals surface area contributed by atoms with Crippen molar-refractivity contribution in [3.05, 3.63) is 140 Å². The maximum Gasteiger partial charge on any atom is 0.270 e. The smallest absolute Gasteiger partial charge is 0.270 e. The van der Waals surface area contributed by atoms with Crippen LogP contribution in [0.25, 0.3) is 21.8 Å². The van der Waals surface area contributed by atoms with E-state index in [1.807, 2.05) is 12.1 Å². The molecular formula is C36H26Br2N10O4. The zero-order valence-electron chi connectivity index (χ0n) is 27.0. The van der Waals surface area contributed by atoms with E-state index in [9.17, 15) is 19.2 Å². The molecule has 0 radical (unpaired) electrons. The van der Waals surface area contributed by atoms with Crippen LogP contribution in [0, 0.1) is 0 Å². The molecule has 0 atom stereocenters. The Labute approximate surface area is 311 Å². The topological polar surface area (TPSA) is 180 Å². The number of hydrogen-bond donors (Lipinski definition) is 2. The summed E-state index contributed by atoms with van der Waals surface area (Å²) >= 11 is 6.71. The number of benzene rings is 3. The van der Waals surface area contributed by atoms with Gasteiger partial charge < -0.3 is 10.6 Å². The first-order valence-electron chi connectivity index (χ1n) is 15.8. The molecule has 16 heteroatoms. The van der Waals surface area contributed by atoms with Gasteiger partial charge in [0.15, 0.2) is 11.6 Å². The Bertz CT molecular complexity index is 2310. The Morgan fingerprint density at radius 3 is 1.33 bits per heavy atom. The highest BCUT2D eigenvalue weighted by atomic mass is 79.9. The Balaban J connectivity index is 0.987. The average Bonchev–Trinajstić information content (AvgIpc) is 3.81. The zero-order valence-corrected chi connectivity index (χ0v) is 30.2. The van der Waals surface area contributed by atoms with E-state index in [0.29, 0.717) is 33.5 Å². The van der Waals surface area contributed by atoms with Gasteiger partial charge in [0.05, 0.1) is 36.5 Å². The number of Topliss-reactive ketones (excluding diaryl/α,β-unsaturated/α-hetero) is 2. The molecule has 0 fully saturated rings. The van der Waals surface area contributed by atoms with Crippen molar-refractivity contribution in [2.75, 3.05) is 0 Å². The Kier molecular flexibility index (Phi) is 9.99. The van der Waals surface area contributed by atoms with Crippen LogP contribution in [0.15, 0.2) is 106 Å². The van der Waals surface area contributed by atoms with Crippen molar-refractivity contribution < 1.29 is 19.2 Å². The predicted molar refractivity (Wildman–Crippen MR) is 196 cm³/mol. The third kappa shape index (κ3) is 7.98. The summed E-state index contributed by atoms with van der Waals surface area (Å²) in [5.41, 5.74) is 3.25. The SMILES string of the molecule is O=C(Cn1cc(CNC(=O)c2ccc3ccc4ccc(C(=O)NCc5cn(CC(=O)c6ccc(Br)cc6)nn5)nc4c3n2)nn1)c1ccc(Br)cc1. The molecule has 258 valence electrons. The predicted octanol–water partition coefficient (Wildman–Crippen LogP) is 5.12. The fourth-order valence-electron chi connectivity index (χ4n) is 5.29. The van der Waals surface area contributed by atoms with Crippen LogP contribution in [0.2, 0.25) is 0 Å². The lowest BCUT2D eigenvalue weighted by molar-refractivity contribution is 0.0937. The number of pyridine rings is 2. The Morgan fingerprint density at radius 2 is 0.923 bits per heavy atom. The standard InChI is InChI=1S/C36H26Br2N10O4/c37-25-9-3-21(4-10-25)31(49)19-47-17-27(43-45-47)15-39-35(51)29-13-7-23-1-2-24-8-14-30(42-34(24)33(23)41-29)36(52)40-16-28-18-48(46-44-28)20-32(50)22-5-11-26(38)12-6-22/h1-14,17-18H,15-16,19-20H2,(H,39,51)(H,40,52). The number of nitrogens with one attached hydrogen (secondary N) is 2. The quantitative estimate of drug-likeness (QED) is 0.124. The molecule has 7 aromatic rings. The van der Waals surface area contributed by atoms with Crippen molar-refractivity contribution >= 4 is 77.0 Å². The number of ketones is 2. The molecule has 2 amide bonds. The van der Waals surface area contributed by atoms with Gasteiger partial charge in [-0.25, -0.2) is 19.3 Å². The van der Waals surface area contributed by atoms with E-state index in [4.69, 9.17) is 0 Å². The van der Waals surface area contributed by atoms with Gasteiger partial charge in [-0.1, -0.05) is 90.8 Å². The molecule has 3 aromatic carbocycles. The minimum Gasteiger partial charge on any atom is -0.345 e.